The van der Waals surface area contributed by atoms with E-state index in [2.05, 4.69) is 51.2 Å². The van der Waals surface area contributed by atoms with Gasteiger partial charge in [0.15, 0.2) is 11.2 Å². The molecule has 5 aromatic rings. The first kappa shape index (κ1) is 22.3. The zero-order valence-corrected chi connectivity index (χ0v) is 19.5. The van der Waals surface area contributed by atoms with Crippen LogP contribution in [0.1, 0.15) is 34.0 Å². The van der Waals surface area contributed by atoms with Gasteiger partial charge in [0.1, 0.15) is 6.61 Å². The molecular formula is C26H24N6O3. The Morgan fingerprint density at radius 1 is 1.00 bits per heavy atom. The van der Waals surface area contributed by atoms with Crippen LogP contribution >= 0.6 is 0 Å². The number of nitrogens with zero attached hydrogens (tertiary/aromatic N) is 6. The molecule has 9 heteroatoms. The number of benzene rings is 2. The predicted molar refractivity (Wildman–Crippen MR) is 129 cm³/mol. The Bertz CT molecular complexity index is 1460. The van der Waals surface area contributed by atoms with Crippen LogP contribution in [0.15, 0.2) is 73.3 Å². The van der Waals surface area contributed by atoms with Crippen molar-refractivity contribution in [1.29, 1.82) is 0 Å². The van der Waals surface area contributed by atoms with Crippen LogP contribution in [0.25, 0.3) is 17.1 Å². The highest BCUT2D eigenvalue weighted by molar-refractivity contribution is 5.88. The molecule has 0 amide bonds. The van der Waals surface area contributed by atoms with Gasteiger partial charge in [0, 0.05) is 12.7 Å². The summed E-state index contributed by atoms with van der Waals surface area (Å²) < 4.78 is 14.6. The van der Waals surface area contributed by atoms with Crippen molar-refractivity contribution in [3.05, 3.63) is 95.6 Å². The lowest BCUT2D eigenvalue weighted by Gasteiger charge is -2.11. The van der Waals surface area contributed by atoms with Crippen molar-refractivity contribution in [1.82, 2.24) is 29.3 Å². The topological polar surface area (TPSA) is 97.0 Å². The second-order valence-corrected chi connectivity index (χ2v) is 8.03. The second kappa shape index (κ2) is 9.76. The Morgan fingerprint density at radius 3 is 2.57 bits per heavy atom. The number of carbonyl (C=O) groups excluding carboxylic acids is 1. The molecule has 0 bridgehead atoms. The first-order valence-electron chi connectivity index (χ1n) is 11.3. The van der Waals surface area contributed by atoms with E-state index in [1.54, 1.807) is 13.3 Å². The maximum Gasteiger partial charge on any atom is 0.341 e. The number of esters is 1. The minimum atomic E-state index is -0.456. The molecule has 35 heavy (non-hydrogen) atoms. The quantitative estimate of drug-likeness (QED) is 0.316. The molecule has 0 unspecified atom stereocenters. The van der Waals surface area contributed by atoms with Gasteiger partial charge >= 0.3 is 5.97 Å². The van der Waals surface area contributed by atoms with E-state index in [0.717, 1.165) is 11.1 Å². The van der Waals surface area contributed by atoms with Gasteiger partial charge in [-0.2, -0.15) is 15.1 Å². The van der Waals surface area contributed by atoms with E-state index in [0.29, 0.717) is 35.8 Å². The third-order valence-electron chi connectivity index (χ3n) is 5.42. The number of carbonyl (C=O) groups is 1. The Morgan fingerprint density at radius 2 is 1.80 bits per heavy atom. The highest BCUT2D eigenvalue weighted by Crippen LogP contribution is 2.25. The van der Waals surface area contributed by atoms with Crippen LogP contribution in [0.3, 0.4) is 0 Å². The van der Waals surface area contributed by atoms with Crippen molar-refractivity contribution in [2.45, 2.75) is 27.0 Å². The average molecular weight is 469 g/mol. The van der Waals surface area contributed by atoms with Crippen molar-refractivity contribution < 1.29 is 14.3 Å². The van der Waals surface area contributed by atoms with E-state index in [1.165, 1.54) is 22.6 Å². The molecule has 3 aromatic heterocycles. The molecule has 0 fully saturated rings. The van der Waals surface area contributed by atoms with Crippen LogP contribution in [-0.4, -0.2) is 41.9 Å². The number of hydrogen-bond donors (Lipinski definition) is 0. The molecular weight excluding hydrogens is 444 g/mol. The molecule has 0 saturated heterocycles. The number of hydrogen-bond acceptors (Lipinski definition) is 7. The van der Waals surface area contributed by atoms with E-state index < -0.39 is 5.97 Å². The minimum absolute atomic E-state index is 0.247. The van der Waals surface area contributed by atoms with Crippen molar-refractivity contribution in [3.63, 3.8) is 0 Å². The van der Waals surface area contributed by atoms with Crippen LogP contribution in [0.4, 0.5) is 0 Å². The molecule has 0 radical (unpaired) electrons. The summed E-state index contributed by atoms with van der Waals surface area (Å²) in [4.78, 5) is 25.8. The van der Waals surface area contributed by atoms with Crippen molar-refractivity contribution in [3.8, 4) is 11.8 Å². The molecule has 3 heterocycles. The number of fused-ring (bicyclic) bond motifs is 1. The summed E-state index contributed by atoms with van der Waals surface area (Å²) in [5.74, 6) is 0.172. The maximum atomic E-state index is 12.1. The van der Waals surface area contributed by atoms with Gasteiger partial charge in [-0.05, 0) is 25.0 Å². The van der Waals surface area contributed by atoms with Crippen LogP contribution in [0.2, 0.25) is 0 Å². The minimum Gasteiger partial charge on any atom is -0.471 e. The lowest BCUT2D eigenvalue weighted by Crippen LogP contribution is -2.08. The summed E-state index contributed by atoms with van der Waals surface area (Å²) >= 11 is 0. The van der Waals surface area contributed by atoms with Gasteiger partial charge in [0.25, 0.3) is 5.95 Å². The smallest absolute Gasteiger partial charge is 0.341 e. The van der Waals surface area contributed by atoms with Gasteiger partial charge in [0.05, 0.1) is 24.7 Å². The second-order valence-electron chi connectivity index (χ2n) is 8.03. The molecule has 0 atom stereocenters. The van der Waals surface area contributed by atoms with E-state index in [1.807, 2.05) is 34.9 Å². The predicted octanol–water partition coefficient (Wildman–Crippen LogP) is 4.12. The lowest BCUT2D eigenvalue weighted by atomic mass is 10.1. The van der Waals surface area contributed by atoms with Crippen molar-refractivity contribution in [2.24, 2.45) is 0 Å². The fourth-order valence-corrected chi connectivity index (χ4v) is 3.63. The Labute approximate surface area is 202 Å². The van der Waals surface area contributed by atoms with Gasteiger partial charge < -0.3 is 14.0 Å². The van der Waals surface area contributed by atoms with Crippen LogP contribution in [0.5, 0.6) is 5.88 Å². The van der Waals surface area contributed by atoms with Gasteiger partial charge in [0.2, 0.25) is 5.88 Å². The summed E-state index contributed by atoms with van der Waals surface area (Å²) in [6.07, 6.45) is 4.68. The Balaban J connectivity index is 1.53. The zero-order valence-electron chi connectivity index (χ0n) is 19.5. The van der Waals surface area contributed by atoms with Gasteiger partial charge in [-0.1, -0.05) is 60.2 Å². The highest BCUT2D eigenvalue weighted by atomic mass is 16.5. The molecule has 0 saturated carbocycles. The molecule has 0 aliphatic carbocycles. The van der Waals surface area contributed by atoms with E-state index in [4.69, 9.17) is 9.47 Å². The van der Waals surface area contributed by atoms with Gasteiger partial charge in [-0.25, -0.2) is 14.5 Å². The van der Waals surface area contributed by atoms with Crippen LogP contribution < -0.4 is 4.74 Å². The maximum absolute atomic E-state index is 12.1. The number of rotatable bonds is 8. The Hall–Kier alpha value is -4.53. The fourth-order valence-electron chi connectivity index (χ4n) is 3.63. The number of aromatic nitrogens is 6. The fraction of sp³-hybridized carbons (Fsp3) is 0.192. The highest BCUT2D eigenvalue weighted by Gasteiger charge is 2.18. The molecule has 0 N–H and O–H groups in total. The average Bonchev–Trinajstić information content (AvgIpc) is 3.53. The van der Waals surface area contributed by atoms with Crippen molar-refractivity contribution >= 4 is 17.1 Å². The SMILES string of the molecule is CCOC(=O)c1cnn(-c2nc(OCc3ccccc3)c3c(ncn3Cc3ccc(C)cc3)n2)c1. The number of imidazole rings is 1. The lowest BCUT2D eigenvalue weighted by molar-refractivity contribution is 0.0526. The largest absolute Gasteiger partial charge is 0.471 e. The standard InChI is InChI=1S/C26H24N6O3/c1-3-34-25(33)21-13-28-32(15-21)26-29-23-22(24(30-26)35-16-20-7-5-4-6-8-20)31(17-27-23)14-19-11-9-18(2)10-12-19/h4-13,15,17H,3,14,16H2,1-2H3. The third-order valence-corrected chi connectivity index (χ3v) is 5.42. The van der Waals surface area contributed by atoms with E-state index in [-0.39, 0.29) is 12.6 Å². The molecule has 0 spiro atoms. The molecule has 0 aliphatic heterocycles. The first-order chi connectivity index (χ1) is 17.1. The molecule has 0 aliphatic rings. The van der Waals surface area contributed by atoms with E-state index >= 15 is 0 Å². The summed E-state index contributed by atoms with van der Waals surface area (Å²) in [5.41, 5.74) is 4.80. The molecule has 5 rings (SSSR count). The molecule has 176 valence electrons. The number of aryl methyl sites for hydroxylation is 1. The summed E-state index contributed by atoms with van der Waals surface area (Å²) in [5, 5.41) is 4.24. The normalized spacial score (nSPS) is 11.0. The molecule has 2 aromatic carbocycles. The van der Waals surface area contributed by atoms with Gasteiger partial charge in [-0.15, -0.1) is 0 Å². The summed E-state index contributed by atoms with van der Waals surface area (Å²) in [6, 6.07) is 18.2. The van der Waals surface area contributed by atoms with Gasteiger partial charge in [-0.3, -0.25) is 0 Å². The first-order valence-corrected chi connectivity index (χ1v) is 11.3. The van der Waals surface area contributed by atoms with Crippen molar-refractivity contribution in [2.75, 3.05) is 6.61 Å². The summed E-state index contributed by atoms with van der Waals surface area (Å²) in [7, 11) is 0. The Kier molecular flexibility index (Phi) is 6.21. The monoisotopic (exact) mass is 468 g/mol. The number of ether oxygens (including phenoxy) is 2. The van der Waals surface area contributed by atoms with E-state index in [9.17, 15) is 4.79 Å². The molecule has 9 nitrogen and oxygen atoms in total. The van der Waals surface area contributed by atoms with Crippen LogP contribution in [0, 0.1) is 6.92 Å². The zero-order chi connectivity index (χ0) is 24.2. The third kappa shape index (κ3) is 4.89. The summed E-state index contributed by atoms with van der Waals surface area (Å²) in [6.45, 7) is 5.01. The van der Waals surface area contributed by atoms with Crippen LogP contribution in [-0.2, 0) is 17.9 Å².